The van der Waals surface area contributed by atoms with E-state index in [1.807, 2.05) is 12.1 Å². The Kier molecular flexibility index (Phi) is 6.66. The van der Waals surface area contributed by atoms with E-state index in [1.54, 1.807) is 26.1 Å². The molecule has 29 heavy (non-hydrogen) atoms. The highest BCUT2D eigenvalue weighted by Crippen LogP contribution is 2.25. The molecule has 0 bridgehead atoms. The van der Waals surface area contributed by atoms with Crippen molar-refractivity contribution in [2.45, 2.75) is 11.9 Å². The number of anilines is 1. The van der Waals surface area contributed by atoms with E-state index in [-0.39, 0.29) is 16.8 Å². The summed E-state index contributed by atoms with van der Waals surface area (Å²) in [4.78, 5) is 17.4. The van der Waals surface area contributed by atoms with Gasteiger partial charge in [-0.1, -0.05) is 11.6 Å². The molecule has 1 aliphatic heterocycles. The normalized spacial score (nSPS) is 15.3. The van der Waals surface area contributed by atoms with Crippen LogP contribution in [0.1, 0.15) is 6.92 Å². The number of hydrogen-bond donors (Lipinski definition) is 0. The lowest BCUT2D eigenvalue weighted by Crippen LogP contribution is -2.48. The van der Waals surface area contributed by atoms with Gasteiger partial charge in [0.15, 0.2) is 6.61 Å². The summed E-state index contributed by atoms with van der Waals surface area (Å²) in [6, 6.07) is 7.29. The van der Waals surface area contributed by atoms with Crippen LogP contribution in [0.25, 0.3) is 0 Å². The van der Waals surface area contributed by atoms with Gasteiger partial charge in [-0.2, -0.15) is 4.31 Å². The number of esters is 1. The van der Waals surface area contributed by atoms with Crippen molar-refractivity contribution in [3.05, 3.63) is 35.7 Å². The van der Waals surface area contributed by atoms with Crippen LogP contribution in [0.3, 0.4) is 0 Å². The summed E-state index contributed by atoms with van der Waals surface area (Å²) in [5.74, 6) is 0.148. The molecule has 0 atom stereocenters. The zero-order chi connectivity index (χ0) is 21.0. The minimum Gasteiger partial charge on any atom is -0.482 e. The number of ether oxygens (including phenoxy) is 2. The molecule has 0 radical (unpaired) electrons. The van der Waals surface area contributed by atoms with E-state index in [9.17, 15) is 13.2 Å². The van der Waals surface area contributed by atoms with Crippen molar-refractivity contribution in [3.63, 3.8) is 0 Å². The van der Waals surface area contributed by atoms with E-state index >= 15 is 0 Å². The number of carbonyl (C=O) groups excluding carboxylic acids is 1. The fourth-order valence-electron chi connectivity index (χ4n) is 2.97. The average molecular weight is 443 g/mol. The number of piperazine rings is 1. The lowest BCUT2D eigenvalue weighted by molar-refractivity contribution is -0.145. The summed E-state index contributed by atoms with van der Waals surface area (Å²) in [6.07, 6.45) is 1.39. The third kappa shape index (κ3) is 4.82. The van der Waals surface area contributed by atoms with Crippen LogP contribution in [0.5, 0.6) is 5.75 Å². The summed E-state index contributed by atoms with van der Waals surface area (Å²) in [6.45, 7) is 3.64. The molecule has 2 aromatic rings. The van der Waals surface area contributed by atoms with E-state index in [2.05, 4.69) is 9.88 Å². The molecule has 0 unspecified atom stereocenters. The van der Waals surface area contributed by atoms with Crippen molar-refractivity contribution in [1.29, 1.82) is 0 Å². The lowest BCUT2D eigenvalue weighted by atomic mass is 10.2. The first kappa shape index (κ1) is 21.4. The first-order chi connectivity index (χ1) is 13.8. The largest absolute Gasteiger partial charge is 0.482 e. The number of imidazole rings is 1. The van der Waals surface area contributed by atoms with Crippen LogP contribution in [0, 0.1) is 0 Å². The molecule has 2 heterocycles. The SMILES string of the molecule is CCOC(=O)COc1ccc(N2CCN(S(=O)(=O)c3ncn(C)c3Cl)CC2)cc1. The Labute approximate surface area is 174 Å². The van der Waals surface area contributed by atoms with Gasteiger partial charge in [-0.15, -0.1) is 0 Å². The molecule has 11 heteroatoms. The van der Waals surface area contributed by atoms with Gasteiger partial charge in [-0.25, -0.2) is 18.2 Å². The maximum Gasteiger partial charge on any atom is 0.344 e. The van der Waals surface area contributed by atoms with Crippen LogP contribution in [-0.4, -0.2) is 67.6 Å². The number of nitrogens with zero attached hydrogens (tertiary/aromatic N) is 4. The van der Waals surface area contributed by atoms with Gasteiger partial charge in [0.2, 0.25) is 5.03 Å². The number of rotatable bonds is 7. The molecule has 0 N–H and O–H groups in total. The summed E-state index contributed by atoms with van der Waals surface area (Å²) >= 11 is 6.06. The molecule has 9 nitrogen and oxygen atoms in total. The zero-order valence-corrected chi connectivity index (χ0v) is 17.8. The molecule has 3 rings (SSSR count). The Balaban J connectivity index is 1.58. The number of hydrogen-bond acceptors (Lipinski definition) is 7. The van der Waals surface area contributed by atoms with Crippen LogP contribution in [0.4, 0.5) is 5.69 Å². The highest BCUT2D eigenvalue weighted by molar-refractivity contribution is 7.89. The highest BCUT2D eigenvalue weighted by Gasteiger charge is 2.32. The van der Waals surface area contributed by atoms with Gasteiger partial charge < -0.3 is 18.9 Å². The second-order valence-electron chi connectivity index (χ2n) is 6.43. The Morgan fingerprint density at radius 2 is 1.83 bits per heavy atom. The van der Waals surface area contributed by atoms with Gasteiger partial charge in [-0.05, 0) is 31.2 Å². The molecule has 1 fully saturated rings. The van der Waals surface area contributed by atoms with Gasteiger partial charge in [0.25, 0.3) is 10.0 Å². The summed E-state index contributed by atoms with van der Waals surface area (Å²) in [7, 11) is -2.08. The van der Waals surface area contributed by atoms with E-state index in [1.165, 1.54) is 15.2 Å². The Hall–Kier alpha value is -2.30. The van der Waals surface area contributed by atoms with Gasteiger partial charge in [-0.3, -0.25) is 0 Å². The van der Waals surface area contributed by atoms with E-state index in [0.29, 0.717) is 38.5 Å². The molecular weight excluding hydrogens is 420 g/mol. The predicted octanol–water partition coefficient (Wildman–Crippen LogP) is 1.53. The third-order valence-electron chi connectivity index (χ3n) is 4.52. The Bertz CT molecular complexity index is 953. The van der Waals surface area contributed by atoms with Gasteiger partial charge in [0.1, 0.15) is 10.9 Å². The zero-order valence-electron chi connectivity index (χ0n) is 16.2. The molecule has 1 aromatic carbocycles. The molecule has 0 aliphatic carbocycles. The average Bonchev–Trinajstić information content (AvgIpc) is 3.06. The summed E-state index contributed by atoms with van der Waals surface area (Å²) < 4.78 is 38.6. The fourth-order valence-corrected chi connectivity index (χ4v) is 4.78. The third-order valence-corrected chi connectivity index (χ3v) is 6.91. The second kappa shape index (κ2) is 9.02. The van der Waals surface area contributed by atoms with Crippen LogP contribution in [-0.2, 0) is 26.6 Å². The molecule has 1 aliphatic rings. The van der Waals surface area contributed by atoms with Crippen LogP contribution < -0.4 is 9.64 Å². The maximum absolute atomic E-state index is 12.8. The number of carbonyl (C=O) groups is 1. The Morgan fingerprint density at radius 3 is 2.38 bits per heavy atom. The van der Waals surface area contributed by atoms with Crippen LogP contribution in [0.15, 0.2) is 35.6 Å². The number of benzene rings is 1. The minimum absolute atomic E-state index is 0.103. The van der Waals surface area contributed by atoms with Crippen molar-refractivity contribution >= 4 is 33.3 Å². The molecule has 1 saturated heterocycles. The number of aromatic nitrogens is 2. The quantitative estimate of drug-likeness (QED) is 0.600. The monoisotopic (exact) mass is 442 g/mol. The molecule has 0 spiro atoms. The van der Waals surface area contributed by atoms with Crippen molar-refractivity contribution in [3.8, 4) is 5.75 Å². The van der Waals surface area contributed by atoms with Crippen LogP contribution >= 0.6 is 11.6 Å². The van der Waals surface area contributed by atoms with Crippen molar-refractivity contribution in [2.24, 2.45) is 7.05 Å². The maximum atomic E-state index is 12.8. The van der Waals surface area contributed by atoms with Crippen molar-refractivity contribution in [2.75, 3.05) is 44.3 Å². The van der Waals surface area contributed by atoms with Crippen molar-refractivity contribution in [1.82, 2.24) is 13.9 Å². The number of sulfonamides is 1. The van der Waals surface area contributed by atoms with Gasteiger partial charge in [0.05, 0.1) is 12.9 Å². The van der Waals surface area contributed by atoms with Gasteiger partial charge in [0, 0.05) is 38.9 Å². The Morgan fingerprint density at radius 1 is 1.17 bits per heavy atom. The smallest absolute Gasteiger partial charge is 0.344 e. The highest BCUT2D eigenvalue weighted by atomic mass is 35.5. The second-order valence-corrected chi connectivity index (χ2v) is 8.64. The summed E-state index contributed by atoms with van der Waals surface area (Å²) in [5, 5.41) is -0.0101. The fraction of sp³-hybridized carbons (Fsp3) is 0.444. The van der Waals surface area contributed by atoms with E-state index < -0.39 is 16.0 Å². The topological polar surface area (TPSA) is 94.0 Å². The molecule has 1 aromatic heterocycles. The molecule has 158 valence electrons. The first-order valence-electron chi connectivity index (χ1n) is 9.13. The number of aryl methyl sites for hydroxylation is 1. The molecular formula is C18H23ClN4O5S. The van der Waals surface area contributed by atoms with Crippen molar-refractivity contribution < 1.29 is 22.7 Å². The van der Waals surface area contributed by atoms with E-state index in [4.69, 9.17) is 21.1 Å². The molecule has 0 saturated carbocycles. The van der Waals surface area contributed by atoms with Crippen LogP contribution in [0.2, 0.25) is 5.15 Å². The lowest BCUT2D eigenvalue weighted by Gasteiger charge is -2.35. The molecule has 0 amide bonds. The minimum atomic E-state index is -3.73. The number of halogens is 1. The summed E-state index contributed by atoms with van der Waals surface area (Å²) in [5.41, 5.74) is 0.946. The predicted molar refractivity (Wildman–Crippen MR) is 108 cm³/mol. The van der Waals surface area contributed by atoms with Gasteiger partial charge >= 0.3 is 5.97 Å². The standard InChI is InChI=1S/C18H23ClN4O5S/c1-3-27-16(24)12-28-15-6-4-14(5-7-15)22-8-10-23(11-9-22)29(25,26)18-17(19)21(2)13-20-18/h4-7,13H,3,8-12H2,1-2H3. The van der Waals surface area contributed by atoms with E-state index in [0.717, 1.165) is 5.69 Å². The first-order valence-corrected chi connectivity index (χ1v) is 10.9.